The average Bonchev–Trinajstić information content (AvgIpc) is 2.68. The average molecular weight is 484 g/mol. The van der Waals surface area contributed by atoms with E-state index in [4.69, 9.17) is 9.47 Å². The molecule has 1 heterocycles. The van der Waals surface area contributed by atoms with E-state index in [2.05, 4.69) is 34.5 Å². The number of nitrogens with zero attached hydrogens (tertiary/aromatic N) is 2. The van der Waals surface area contributed by atoms with Crippen LogP contribution in [-0.2, 0) is 6.54 Å². The first kappa shape index (κ1) is 23.0. The van der Waals surface area contributed by atoms with Crippen molar-refractivity contribution in [3.8, 4) is 17.4 Å². The fourth-order valence-corrected chi connectivity index (χ4v) is 2.23. The molecule has 27 heavy (non-hydrogen) atoms. The Hall–Kier alpha value is -2.03. The van der Waals surface area contributed by atoms with Crippen molar-refractivity contribution in [2.75, 3.05) is 20.2 Å². The van der Waals surface area contributed by atoms with Crippen LogP contribution in [0.1, 0.15) is 32.3 Å². The van der Waals surface area contributed by atoms with Gasteiger partial charge in [0.2, 0.25) is 5.88 Å². The number of methoxy groups -OCH3 is 1. The molecule has 0 spiro atoms. The van der Waals surface area contributed by atoms with Crippen molar-refractivity contribution >= 4 is 29.9 Å². The number of ether oxygens (including phenoxy) is 2. The highest BCUT2D eigenvalue weighted by molar-refractivity contribution is 14.0. The molecule has 0 saturated heterocycles. The van der Waals surface area contributed by atoms with E-state index in [0.717, 1.165) is 49.0 Å². The summed E-state index contributed by atoms with van der Waals surface area (Å²) in [6.07, 6.45) is 4.08. The van der Waals surface area contributed by atoms with Gasteiger partial charge in [0.25, 0.3) is 0 Å². The molecular weight excluding hydrogens is 455 g/mol. The third-order valence-corrected chi connectivity index (χ3v) is 3.67. The van der Waals surface area contributed by atoms with Crippen molar-refractivity contribution in [2.24, 2.45) is 4.99 Å². The van der Waals surface area contributed by atoms with Crippen LogP contribution in [0.25, 0.3) is 0 Å². The zero-order valence-electron chi connectivity index (χ0n) is 16.2. The molecule has 0 aliphatic carbocycles. The van der Waals surface area contributed by atoms with Crippen molar-refractivity contribution in [3.63, 3.8) is 0 Å². The van der Waals surface area contributed by atoms with E-state index in [1.54, 1.807) is 13.3 Å². The van der Waals surface area contributed by atoms with Crippen molar-refractivity contribution in [2.45, 2.75) is 33.2 Å². The molecule has 0 saturated carbocycles. The van der Waals surface area contributed by atoms with Crippen molar-refractivity contribution in [3.05, 3.63) is 48.2 Å². The van der Waals surface area contributed by atoms with Crippen LogP contribution in [-0.4, -0.2) is 31.1 Å². The van der Waals surface area contributed by atoms with Crippen molar-refractivity contribution in [1.82, 2.24) is 15.6 Å². The van der Waals surface area contributed by atoms with E-state index < -0.39 is 0 Å². The van der Waals surface area contributed by atoms with Gasteiger partial charge >= 0.3 is 0 Å². The molecule has 0 radical (unpaired) electrons. The number of rotatable bonds is 9. The first-order valence-electron chi connectivity index (χ1n) is 9.04. The van der Waals surface area contributed by atoms with Gasteiger partial charge in [-0.2, -0.15) is 0 Å². The molecule has 0 fully saturated rings. The molecule has 0 aliphatic heterocycles. The molecule has 0 amide bonds. The van der Waals surface area contributed by atoms with Gasteiger partial charge in [-0.3, -0.25) is 0 Å². The van der Waals surface area contributed by atoms with E-state index in [1.807, 2.05) is 36.4 Å². The van der Waals surface area contributed by atoms with Crippen molar-refractivity contribution < 1.29 is 9.47 Å². The first-order chi connectivity index (χ1) is 12.7. The molecule has 2 N–H and O–H groups in total. The minimum Gasteiger partial charge on any atom is -0.497 e. The summed E-state index contributed by atoms with van der Waals surface area (Å²) in [5.41, 5.74) is 1.03. The van der Waals surface area contributed by atoms with Crippen LogP contribution in [0.2, 0.25) is 0 Å². The SMILES string of the molecule is CCCCNC(=NCc1ccc(Oc2ccc(OC)cc2)nc1)NCC.I. The molecule has 6 nitrogen and oxygen atoms in total. The molecule has 2 aromatic rings. The summed E-state index contributed by atoms with van der Waals surface area (Å²) < 4.78 is 10.9. The molecular formula is C20H29IN4O2. The fraction of sp³-hybridized carbons (Fsp3) is 0.400. The van der Waals surface area contributed by atoms with Gasteiger partial charge in [-0.25, -0.2) is 9.98 Å². The maximum Gasteiger partial charge on any atom is 0.219 e. The molecule has 148 valence electrons. The summed E-state index contributed by atoms with van der Waals surface area (Å²) in [7, 11) is 1.64. The summed E-state index contributed by atoms with van der Waals surface area (Å²) in [5.74, 6) is 2.90. The molecule has 7 heteroatoms. The van der Waals surface area contributed by atoms with Gasteiger partial charge < -0.3 is 20.1 Å². The van der Waals surface area contributed by atoms with E-state index in [1.165, 1.54) is 0 Å². The van der Waals surface area contributed by atoms with Crippen LogP contribution in [0.3, 0.4) is 0 Å². The lowest BCUT2D eigenvalue weighted by Crippen LogP contribution is -2.37. The lowest BCUT2D eigenvalue weighted by atomic mass is 10.3. The van der Waals surface area contributed by atoms with Gasteiger partial charge in [0, 0.05) is 25.4 Å². The summed E-state index contributed by atoms with van der Waals surface area (Å²) in [6, 6.07) is 11.2. The second-order valence-corrected chi connectivity index (χ2v) is 5.76. The van der Waals surface area contributed by atoms with Crippen LogP contribution in [0.5, 0.6) is 17.4 Å². The Morgan fingerprint density at radius 1 is 1.04 bits per heavy atom. The zero-order valence-corrected chi connectivity index (χ0v) is 18.5. The quantitative estimate of drug-likeness (QED) is 0.240. The standard InChI is InChI=1S/C20H28N4O2.HI/c1-4-6-13-22-20(21-5-2)24-15-16-7-12-19(23-14-16)26-18-10-8-17(25-3)9-11-18;/h7-12,14H,4-6,13,15H2,1-3H3,(H2,21,22,24);1H. The Morgan fingerprint density at radius 2 is 1.78 bits per heavy atom. The second-order valence-electron chi connectivity index (χ2n) is 5.76. The number of nitrogens with one attached hydrogen (secondary N) is 2. The summed E-state index contributed by atoms with van der Waals surface area (Å²) >= 11 is 0. The van der Waals surface area contributed by atoms with E-state index in [-0.39, 0.29) is 24.0 Å². The highest BCUT2D eigenvalue weighted by Gasteiger charge is 2.01. The van der Waals surface area contributed by atoms with Gasteiger partial charge in [0.05, 0.1) is 13.7 Å². The Labute approximate surface area is 178 Å². The molecule has 2 rings (SSSR count). The molecule has 0 bridgehead atoms. The first-order valence-corrected chi connectivity index (χ1v) is 9.04. The highest BCUT2D eigenvalue weighted by atomic mass is 127. The molecule has 0 unspecified atom stereocenters. The minimum absolute atomic E-state index is 0. The van der Waals surface area contributed by atoms with Crippen LogP contribution in [0, 0.1) is 0 Å². The van der Waals surface area contributed by atoms with Gasteiger partial charge in [-0.1, -0.05) is 19.4 Å². The topological polar surface area (TPSA) is 67.8 Å². The number of aromatic nitrogens is 1. The van der Waals surface area contributed by atoms with Crippen LogP contribution >= 0.6 is 24.0 Å². The maximum atomic E-state index is 5.74. The zero-order chi connectivity index (χ0) is 18.6. The van der Waals surface area contributed by atoms with Crippen molar-refractivity contribution in [1.29, 1.82) is 0 Å². The van der Waals surface area contributed by atoms with Crippen LogP contribution in [0.4, 0.5) is 0 Å². The fourth-order valence-electron chi connectivity index (χ4n) is 2.23. The Bertz CT molecular complexity index is 675. The molecule has 0 atom stereocenters. The molecule has 1 aromatic heterocycles. The molecule has 1 aromatic carbocycles. The predicted octanol–water partition coefficient (Wildman–Crippen LogP) is 4.36. The number of halogens is 1. The minimum atomic E-state index is 0. The number of hydrogen-bond acceptors (Lipinski definition) is 4. The summed E-state index contributed by atoms with van der Waals surface area (Å²) in [5, 5.41) is 6.58. The van der Waals surface area contributed by atoms with E-state index in [9.17, 15) is 0 Å². The number of unbranched alkanes of at least 4 members (excludes halogenated alkanes) is 1. The Kier molecular flexibility index (Phi) is 11.2. The largest absolute Gasteiger partial charge is 0.497 e. The maximum absolute atomic E-state index is 5.74. The van der Waals surface area contributed by atoms with Crippen LogP contribution < -0.4 is 20.1 Å². The number of benzene rings is 1. The lowest BCUT2D eigenvalue weighted by Gasteiger charge is -2.10. The number of guanidine groups is 1. The molecule has 0 aliphatic rings. The van der Waals surface area contributed by atoms with E-state index >= 15 is 0 Å². The second kappa shape index (κ2) is 13.2. The predicted molar refractivity (Wildman–Crippen MR) is 120 cm³/mol. The third kappa shape index (κ3) is 8.47. The van der Waals surface area contributed by atoms with Gasteiger partial charge in [0.1, 0.15) is 11.5 Å². The highest BCUT2D eigenvalue weighted by Crippen LogP contribution is 2.22. The number of hydrogen-bond donors (Lipinski definition) is 2. The summed E-state index contributed by atoms with van der Waals surface area (Å²) in [6.45, 7) is 6.56. The number of aliphatic imine (C=N–C) groups is 1. The van der Waals surface area contributed by atoms with Gasteiger partial charge in [0.15, 0.2) is 5.96 Å². The Balaban J connectivity index is 0.00000364. The monoisotopic (exact) mass is 484 g/mol. The number of pyridine rings is 1. The smallest absolute Gasteiger partial charge is 0.219 e. The normalized spacial score (nSPS) is 10.7. The third-order valence-electron chi connectivity index (χ3n) is 3.67. The lowest BCUT2D eigenvalue weighted by molar-refractivity contribution is 0.412. The van der Waals surface area contributed by atoms with Gasteiger partial charge in [-0.05, 0) is 43.2 Å². The van der Waals surface area contributed by atoms with Gasteiger partial charge in [-0.15, -0.1) is 24.0 Å². The summed E-state index contributed by atoms with van der Waals surface area (Å²) in [4.78, 5) is 8.94. The van der Waals surface area contributed by atoms with E-state index in [0.29, 0.717) is 12.4 Å². The van der Waals surface area contributed by atoms with Crippen LogP contribution in [0.15, 0.2) is 47.6 Å². The Morgan fingerprint density at radius 3 is 2.37 bits per heavy atom.